The maximum Gasteiger partial charge on any atom is 0.318 e. The second-order valence-electron chi connectivity index (χ2n) is 3.30. The first-order valence-corrected chi connectivity index (χ1v) is 4.44. The van der Waals surface area contributed by atoms with Gasteiger partial charge >= 0.3 is 6.01 Å². The lowest BCUT2D eigenvalue weighted by molar-refractivity contribution is 0.367. The summed E-state index contributed by atoms with van der Waals surface area (Å²) in [5, 5.41) is 6.14. The molecule has 0 aromatic carbocycles. The first-order valence-electron chi connectivity index (χ1n) is 4.44. The third kappa shape index (κ3) is 1.41. The van der Waals surface area contributed by atoms with E-state index in [1.807, 2.05) is 6.92 Å². The number of hydrogen-bond acceptors (Lipinski definition) is 3. The highest BCUT2D eigenvalue weighted by atomic mass is 16.5. The molecule has 2 rings (SSSR count). The molecule has 2 aromatic heterocycles. The van der Waals surface area contributed by atoms with E-state index in [4.69, 9.17) is 4.74 Å². The molecule has 0 radical (unpaired) electrons. The second-order valence-corrected chi connectivity index (χ2v) is 3.30. The van der Waals surface area contributed by atoms with Crippen LogP contribution in [0.4, 0.5) is 0 Å². The van der Waals surface area contributed by atoms with Gasteiger partial charge in [-0.05, 0) is 24.1 Å². The molecule has 0 spiro atoms. The van der Waals surface area contributed by atoms with Gasteiger partial charge in [0.05, 0.1) is 7.11 Å². The van der Waals surface area contributed by atoms with Crippen LogP contribution >= 0.6 is 0 Å². The fourth-order valence-electron chi connectivity index (χ4n) is 1.38. The van der Waals surface area contributed by atoms with Gasteiger partial charge in [-0.1, -0.05) is 6.58 Å². The largest absolute Gasteiger partial charge is 0.467 e. The number of fused-ring (bicyclic) bond motifs is 1. The monoisotopic (exact) mass is 205 g/mol. The Labute approximate surface area is 86.0 Å². The summed E-state index contributed by atoms with van der Waals surface area (Å²) < 4.78 is 6.63. The first-order chi connectivity index (χ1) is 7.13. The molecule has 0 aliphatic rings. The van der Waals surface area contributed by atoms with E-state index in [0.29, 0.717) is 11.5 Å². The molecule has 0 amide bonds. The van der Waals surface area contributed by atoms with Gasteiger partial charge in [0, 0.05) is 6.20 Å². The fraction of sp³-hybridized carbons (Fsp3) is 0.200. The number of allylic oxidation sites excluding steroid dienone is 1. The zero-order chi connectivity index (χ0) is 11.0. The van der Waals surface area contributed by atoms with Crippen LogP contribution in [0.5, 0.6) is 6.01 Å². The molecule has 0 saturated heterocycles. The summed E-state index contributed by atoms with van der Waals surface area (Å²) in [6.45, 7) is 5.70. The van der Waals surface area contributed by atoms with Crippen LogP contribution in [0.3, 0.4) is 0 Å². The topological polar surface area (TPSA) is 59.4 Å². The molecule has 5 heteroatoms. The summed E-state index contributed by atoms with van der Waals surface area (Å²) in [6, 6.07) is 2.10. The quantitative estimate of drug-likeness (QED) is 0.797. The number of rotatable bonds is 2. The summed E-state index contributed by atoms with van der Waals surface area (Å²) in [5.74, 6) is 0. The van der Waals surface area contributed by atoms with E-state index in [0.717, 1.165) is 11.1 Å². The summed E-state index contributed by atoms with van der Waals surface area (Å²) in [5.41, 5.74) is 2.04. The van der Waals surface area contributed by atoms with Crippen LogP contribution in [0, 0.1) is 0 Å². The molecule has 0 saturated carbocycles. The van der Waals surface area contributed by atoms with Crippen LogP contribution in [-0.2, 0) is 0 Å². The van der Waals surface area contributed by atoms with Crippen LogP contribution in [0.15, 0.2) is 23.6 Å². The van der Waals surface area contributed by atoms with Gasteiger partial charge in [0.15, 0.2) is 0 Å². The molecule has 0 bridgehead atoms. The van der Waals surface area contributed by atoms with Crippen molar-refractivity contribution < 1.29 is 4.74 Å². The van der Waals surface area contributed by atoms with E-state index in [1.54, 1.807) is 16.7 Å². The van der Waals surface area contributed by atoms with Gasteiger partial charge < -0.3 is 4.74 Å². The van der Waals surface area contributed by atoms with Crippen molar-refractivity contribution >= 4 is 11.1 Å². The van der Waals surface area contributed by atoms with E-state index in [2.05, 4.69) is 16.8 Å². The Morgan fingerprint density at radius 3 is 3.00 bits per heavy atom. The standard InChI is InChI=1S/C10H11N3O2/c1-6(2)7-4-8-9(14)11-12-10(15-3)13(8)5-7/h4-5H,1H2,2-3H3,(H,11,14). The second kappa shape index (κ2) is 3.27. The highest BCUT2D eigenvalue weighted by Crippen LogP contribution is 2.17. The average Bonchev–Trinajstić information content (AvgIpc) is 2.64. The summed E-state index contributed by atoms with van der Waals surface area (Å²) in [6.07, 6.45) is 1.78. The maximum atomic E-state index is 11.5. The highest BCUT2D eigenvalue weighted by molar-refractivity contribution is 5.67. The predicted octanol–water partition coefficient (Wildman–Crippen LogP) is 1.06. The van der Waals surface area contributed by atoms with Crippen molar-refractivity contribution in [1.82, 2.24) is 14.6 Å². The Balaban J connectivity index is 2.83. The van der Waals surface area contributed by atoms with Gasteiger partial charge in [-0.3, -0.25) is 9.20 Å². The number of nitrogens with one attached hydrogen (secondary N) is 1. The average molecular weight is 205 g/mol. The molecule has 0 aliphatic heterocycles. The Morgan fingerprint density at radius 2 is 2.40 bits per heavy atom. The van der Waals surface area contributed by atoms with Crippen molar-refractivity contribution in [3.05, 3.63) is 34.8 Å². The van der Waals surface area contributed by atoms with Crippen molar-refractivity contribution in [2.24, 2.45) is 0 Å². The lowest BCUT2D eigenvalue weighted by atomic mass is 10.2. The number of ether oxygens (including phenoxy) is 1. The Kier molecular flexibility index (Phi) is 2.07. The zero-order valence-electron chi connectivity index (χ0n) is 8.57. The Hall–Kier alpha value is -2.04. The first kappa shape index (κ1) is 9.51. The van der Waals surface area contributed by atoms with Crippen LogP contribution in [0.2, 0.25) is 0 Å². The lowest BCUT2D eigenvalue weighted by Gasteiger charge is -2.00. The van der Waals surface area contributed by atoms with Crippen molar-refractivity contribution in [1.29, 1.82) is 0 Å². The molecule has 5 nitrogen and oxygen atoms in total. The minimum absolute atomic E-state index is 0.247. The molecular formula is C10H11N3O2. The maximum absolute atomic E-state index is 11.5. The predicted molar refractivity (Wildman–Crippen MR) is 57.1 cm³/mol. The fourth-order valence-corrected chi connectivity index (χ4v) is 1.38. The van der Waals surface area contributed by atoms with Gasteiger partial charge in [-0.25, -0.2) is 5.10 Å². The summed E-state index contributed by atoms with van der Waals surface area (Å²) in [4.78, 5) is 11.5. The smallest absolute Gasteiger partial charge is 0.318 e. The molecule has 0 unspecified atom stereocenters. The number of H-pyrrole nitrogens is 1. The molecule has 2 aromatic rings. The Morgan fingerprint density at radius 1 is 1.67 bits per heavy atom. The number of aromatic nitrogens is 3. The van der Waals surface area contributed by atoms with Crippen LogP contribution in [0.25, 0.3) is 11.1 Å². The van der Waals surface area contributed by atoms with Gasteiger partial charge in [-0.2, -0.15) is 0 Å². The van der Waals surface area contributed by atoms with Crippen LogP contribution in [0.1, 0.15) is 12.5 Å². The van der Waals surface area contributed by atoms with Gasteiger partial charge in [0.1, 0.15) is 5.52 Å². The molecule has 15 heavy (non-hydrogen) atoms. The van der Waals surface area contributed by atoms with E-state index in [-0.39, 0.29) is 5.56 Å². The van der Waals surface area contributed by atoms with Gasteiger partial charge in [-0.15, -0.1) is 5.10 Å². The summed E-state index contributed by atoms with van der Waals surface area (Å²) in [7, 11) is 1.50. The molecule has 1 N–H and O–H groups in total. The van der Waals surface area contributed by atoms with E-state index < -0.39 is 0 Å². The van der Waals surface area contributed by atoms with Gasteiger partial charge in [0.2, 0.25) is 0 Å². The van der Waals surface area contributed by atoms with E-state index in [9.17, 15) is 4.79 Å². The van der Waals surface area contributed by atoms with Crippen LogP contribution in [-0.4, -0.2) is 21.7 Å². The molecule has 78 valence electrons. The van der Waals surface area contributed by atoms with Crippen molar-refractivity contribution in [3.8, 4) is 6.01 Å². The van der Waals surface area contributed by atoms with E-state index >= 15 is 0 Å². The Bertz CT molecular complexity index is 580. The molecule has 0 aliphatic carbocycles. The zero-order valence-corrected chi connectivity index (χ0v) is 8.57. The number of nitrogens with zero attached hydrogens (tertiary/aromatic N) is 2. The lowest BCUT2D eigenvalue weighted by Crippen LogP contribution is -2.12. The minimum Gasteiger partial charge on any atom is -0.467 e. The molecule has 2 heterocycles. The van der Waals surface area contributed by atoms with Gasteiger partial charge in [0.25, 0.3) is 5.56 Å². The minimum atomic E-state index is -0.247. The highest BCUT2D eigenvalue weighted by Gasteiger charge is 2.08. The molecule has 0 atom stereocenters. The summed E-state index contributed by atoms with van der Waals surface area (Å²) >= 11 is 0. The number of methoxy groups -OCH3 is 1. The third-order valence-electron chi connectivity index (χ3n) is 2.19. The van der Waals surface area contributed by atoms with Crippen molar-refractivity contribution in [3.63, 3.8) is 0 Å². The molecular weight excluding hydrogens is 194 g/mol. The van der Waals surface area contributed by atoms with Crippen molar-refractivity contribution in [2.45, 2.75) is 6.92 Å². The molecule has 0 fully saturated rings. The normalized spacial score (nSPS) is 10.5. The third-order valence-corrected chi connectivity index (χ3v) is 2.19. The van der Waals surface area contributed by atoms with Crippen LogP contribution < -0.4 is 10.3 Å². The SMILES string of the molecule is C=C(C)c1cc2c(=O)[nH]nc(OC)n2c1. The van der Waals surface area contributed by atoms with E-state index in [1.165, 1.54) is 7.11 Å². The number of hydrogen-bond donors (Lipinski definition) is 1. The van der Waals surface area contributed by atoms with Crippen molar-refractivity contribution in [2.75, 3.05) is 7.11 Å². The number of aromatic amines is 1.